The van der Waals surface area contributed by atoms with Gasteiger partial charge in [-0.15, -0.1) is 0 Å². The van der Waals surface area contributed by atoms with Gasteiger partial charge in [0.1, 0.15) is 12.5 Å². The van der Waals surface area contributed by atoms with Gasteiger partial charge in [0.25, 0.3) is 0 Å². The van der Waals surface area contributed by atoms with E-state index in [1.165, 1.54) is 0 Å². The highest BCUT2D eigenvalue weighted by atomic mass is 16.5. The van der Waals surface area contributed by atoms with E-state index in [0.29, 0.717) is 12.8 Å². The first-order chi connectivity index (χ1) is 7.24. The minimum Gasteiger partial charge on any atom is -0.462 e. The number of carbonyl (C=O) groups is 2. The quantitative estimate of drug-likeness (QED) is 0.466. The standard InChI is InChI=1S/C7H6O.C4H7NO2/c8-6-7-4-2-1-3-5-7;1-2-7-4(6)3-5/h1-6H;3,5H,2H2,1H3. The van der Waals surface area contributed by atoms with Crippen molar-refractivity contribution in [1.82, 2.24) is 0 Å². The van der Waals surface area contributed by atoms with Gasteiger partial charge in [-0.1, -0.05) is 30.3 Å². The summed E-state index contributed by atoms with van der Waals surface area (Å²) in [4.78, 5) is 20.0. The van der Waals surface area contributed by atoms with Gasteiger partial charge in [-0.25, -0.2) is 4.79 Å². The third kappa shape index (κ3) is 7.13. The van der Waals surface area contributed by atoms with Crippen molar-refractivity contribution in [3.8, 4) is 0 Å². The molecule has 0 bridgehead atoms. The Bertz CT molecular complexity index is 309. The van der Waals surface area contributed by atoms with Gasteiger partial charge in [-0.3, -0.25) is 4.79 Å². The van der Waals surface area contributed by atoms with Crippen molar-refractivity contribution in [1.29, 1.82) is 5.41 Å². The van der Waals surface area contributed by atoms with E-state index in [1.807, 2.05) is 18.2 Å². The zero-order chi connectivity index (χ0) is 11.5. The van der Waals surface area contributed by atoms with Crippen LogP contribution in [0, 0.1) is 5.41 Å². The number of ether oxygens (including phenoxy) is 1. The third-order valence-corrected chi connectivity index (χ3v) is 1.34. The lowest BCUT2D eigenvalue weighted by molar-refractivity contribution is -0.134. The topological polar surface area (TPSA) is 67.2 Å². The van der Waals surface area contributed by atoms with E-state index in [-0.39, 0.29) is 0 Å². The number of benzene rings is 1. The van der Waals surface area contributed by atoms with Crippen LogP contribution in [-0.2, 0) is 9.53 Å². The molecule has 1 rings (SSSR count). The molecule has 1 aromatic rings. The predicted molar refractivity (Wildman–Crippen MR) is 57.2 cm³/mol. The molecule has 1 N–H and O–H groups in total. The second-order valence-corrected chi connectivity index (χ2v) is 2.42. The van der Waals surface area contributed by atoms with Gasteiger partial charge in [0, 0.05) is 5.56 Å². The fourth-order valence-electron chi connectivity index (χ4n) is 0.716. The normalized spacial score (nSPS) is 8.07. The van der Waals surface area contributed by atoms with Crippen molar-refractivity contribution >= 4 is 18.5 Å². The molecule has 1 aromatic carbocycles. The second kappa shape index (κ2) is 8.62. The first-order valence-electron chi connectivity index (χ1n) is 4.42. The minimum atomic E-state index is -0.581. The molecule has 0 saturated carbocycles. The summed E-state index contributed by atoms with van der Waals surface area (Å²) < 4.78 is 4.31. The van der Waals surface area contributed by atoms with Crippen molar-refractivity contribution in [2.45, 2.75) is 6.92 Å². The summed E-state index contributed by atoms with van der Waals surface area (Å²) in [6, 6.07) is 9.10. The van der Waals surface area contributed by atoms with Gasteiger partial charge < -0.3 is 10.1 Å². The molecule has 4 heteroatoms. The summed E-state index contributed by atoms with van der Waals surface area (Å²) in [7, 11) is 0. The largest absolute Gasteiger partial charge is 0.462 e. The van der Waals surface area contributed by atoms with Crippen LogP contribution < -0.4 is 0 Å². The van der Waals surface area contributed by atoms with Crippen LogP contribution in [0.3, 0.4) is 0 Å². The molecule has 0 fully saturated rings. The number of rotatable bonds is 3. The summed E-state index contributed by atoms with van der Waals surface area (Å²) in [6.45, 7) is 2.04. The maximum Gasteiger partial charge on any atom is 0.348 e. The lowest BCUT2D eigenvalue weighted by atomic mass is 10.2. The summed E-state index contributed by atoms with van der Waals surface area (Å²) in [6.07, 6.45) is 1.48. The van der Waals surface area contributed by atoms with Crippen molar-refractivity contribution in [3.63, 3.8) is 0 Å². The van der Waals surface area contributed by atoms with E-state index < -0.39 is 5.97 Å². The number of nitrogens with one attached hydrogen (secondary N) is 1. The van der Waals surface area contributed by atoms with Crippen LogP contribution in [0.2, 0.25) is 0 Å². The molecule has 0 heterocycles. The van der Waals surface area contributed by atoms with Gasteiger partial charge in [-0.05, 0) is 6.92 Å². The van der Waals surface area contributed by atoms with Crippen LogP contribution in [-0.4, -0.2) is 25.1 Å². The summed E-state index contributed by atoms with van der Waals surface area (Å²) >= 11 is 0. The number of hydrogen-bond donors (Lipinski definition) is 1. The van der Waals surface area contributed by atoms with Crippen LogP contribution in [0.25, 0.3) is 0 Å². The van der Waals surface area contributed by atoms with Crippen molar-refractivity contribution in [3.05, 3.63) is 35.9 Å². The second-order valence-electron chi connectivity index (χ2n) is 2.42. The van der Waals surface area contributed by atoms with Gasteiger partial charge in [0.2, 0.25) is 0 Å². The molecule has 0 aliphatic heterocycles. The summed E-state index contributed by atoms with van der Waals surface area (Å²) in [5.74, 6) is -0.581. The van der Waals surface area contributed by atoms with E-state index in [2.05, 4.69) is 4.74 Å². The predicted octanol–water partition coefficient (Wildman–Crippen LogP) is 1.70. The van der Waals surface area contributed by atoms with Gasteiger partial charge in [0.05, 0.1) is 6.61 Å². The molecule has 15 heavy (non-hydrogen) atoms. The van der Waals surface area contributed by atoms with Crippen LogP contribution in [0.5, 0.6) is 0 Å². The smallest absolute Gasteiger partial charge is 0.348 e. The van der Waals surface area contributed by atoms with Crippen molar-refractivity contribution in [2.75, 3.05) is 6.61 Å². The molecule has 0 amide bonds. The fourth-order valence-corrected chi connectivity index (χ4v) is 0.716. The summed E-state index contributed by atoms with van der Waals surface area (Å²) in [5.41, 5.74) is 0.729. The maximum absolute atomic E-state index is 10.0. The average Bonchev–Trinajstić information content (AvgIpc) is 2.31. The lowest BCUT2D eigenvalue weighted by Gasteiger charge is -1.89. The molecule has 4 nitrogen and oxygen atoms in total. The molecule has 0 aliphatic rings. The Hall–Kier alpha value is -1.97. The highest BCUT2D eigenvalue weighted by Crippen LogP contribution is 1.91. The van der Waals surface area contributed by atoms with Crippen molar-refractivity contribution in [2.24, 2.45) is 0 Å². The average molecular weight is 207 g/mol. The zero-order valence-electron chi connectivity index (χ0n) is 8.47. The molecule has 0 unspecified atom stereocenters. The van der Waals surface area contributed by atoms with Gasteiger partial charge >= 0.3 is 5.97 Å². The Morgan fingerprint density at radius 1 is 1.40 bits per heavy atom. The molecule has 0 saturated heterocycles. The van der Waals surface area contributed by atoms with Crippen LogP contribution in [0.15, 0.2) is 30.3 Å². The number of hydrogen-bond acceptors (Lipinski definition) is 4. The van der Waals surface area contributed by atoms with Crippen LogP contribution in [0.1, 0.15) is 17.3 Å². The Kier molecular flexibility index (Phi) is 7.49. The highest BCUT2D eigenvalue weighted by Gasteiger charge is 1.88. The minimum absolute atomic E-state index is 0.341. The van der Waals surface area contributed by atoms with E-state index in [9.17, 15) is 9.59 Å². The van der Waals surface area contributed by atoms with Crippen molar-refractivity contribution < 1.29 is 14.3 Å². The van der Waals surface area contributed by atoms with Gasteiger partial charge in [0.15, 0.2) is 0 Å². The maximum atomic E-state index is 10.0. The lowest BCUT2D eigenvalue weighted by Crippen LogP contribution is -2.02. The molecule has 0 atom stereocenters. The van der Waals surface area contributed by atoms with E-state index >= 15 is 0 Å². The zero-order valence-corrected chi connectivity index (χ0v) is 8.47. The molecule has 0 aromatic heterocycles. The Morgan fingerprint density at radius 2 is 2.00 bits per heavy atom. The Labute approximate surface area is 88.4 Å². The molecular formula is C11H13NO3. The third-order valence-electron chi connectivity index (χ3n) is 1.34. The SMILES string of the molecule is CCOC(=O)C=N.O=Cc1ccccc1. The van der Waals surface area contributed by atoms with Crippen LogP contribution in [0.4, 0.5) is 0 Å². The van der Waals surface area contributed by atoms with E-state index in [0.717, 1.165) is 11.8 Å². The molecule has 80 valence electrons. The molecular weight excluding hydrogens is 194 g/mol. The molecule has 0 radical (unpaired) electrons. The first kappa shape index (κ1) is 13.0. The fraction of sp³-hybridized carbons (Fsp3) is 0.182. The summed E-state index contributed by atoms with van der Waals surface area (Å²) in [5, 5.41) is 6.31. The Morgan fingerprint density at radius 3 is 2.27 bits per heavy atom. The molecule has 0 aliphatic carbocycles. The highest BCUT2D eigenvalue weighted by molar-refractivity contribution is 6.21. The monoisotopic (exact) mass is 207 g/mol. The number of carbonyl (C=O) groups excluding carboxylic acids is 2. The Balaban J connectivity index is 0.000000265. The van der Waals surface area contributed by atoms with E-state index in [4.69, 9.17) is 5.41 Å². The first-order valence-corrected chi connectivity index (χ1v) is 4.42. The van der Waals surface area contributed by atoms with Gasteiger partial charge in [-0.2, -0.15) is 0 Å². The van der Waals surface area contributed by atoms with Crippen LogP contribution >= 0.6 is 0 Å². The van der Waals surface area contributed by atoms with E-state index in [1.54, 1.807) is 19.1 Å². The molecule has 0 spiro atoms. The number of aldehydes is 1. The number of esters is 1.